The summed E-state index contributed by atoms with van der Waals surface area (Å²) in [5, 5.41) is 14.9. The fraction of sp³-hybridized carbons (Fsp3) is 0.312. The molecule has 0 aliphatic rings. The van der Waals surface area contributed by atoms with Crippen LogP contribution < -0.4 is 5.32 Å². The van der Waals surface area contributed by atoms with Crippen LogP contribution in [0.4, 0.5) is 5.69 Å². The molecule has 0 saturated carbocycles. The smallest absolute Gasteiger partial charge is 0.250 e. The number of ether oxygens (including phenoxy) is 1. The minimum Gasteiger partial charge on any atom is -0.383 e. The molecule has 1 amide bonds. The lowest BCUT2D eigenvalue weighted by Gasteiger charge is -2.11. The largest absolute Gasteiger partial charge is 0.383 e. The minimum atomic E-state index is -0.626. The molecule has 2 rings (SSSR count). The second kappa shape index (κ2) is 7.36. The zero-order chi connectivity index (χ0) is 15.2. The van der Waals surface area contributed by atoms with Crippen molar-refractivity contribution in [2.24, 2.45) is 0 Å². The fourth-order valence-electron chi connectivity index (χ4n) is 1.80. The molecule has 5 heteroatoms. The molecule has 21 heavy (non-hydrogen) atoms. The summed E-state index contributed by atoms with van der Waals surface area (Å²) in [6.45, 7) is 3.80. The SMILES string of the molecule is CC(C)OCC(=O)Nc1ccc(C(O)c2cccs2)cc1. The molecule has 0 radical (unpaired) electrons. The third-order valence-corrected chi connectivity index (χ3v) is 3.80. The van der Waals surface area contributed by atoms with Crippen LogP contribution in [-0.2, 0) is 9.53 Å². The first-order valence-electron chi connectivity index (χ1n) is 6.79. The van der Waals surface area contributed by atoms with Crippen molar-refractivity contribution in [3.63, 3.8) is 0 Å². The maximum Gasteiger partial charge on any atom is 0.250 e. The topological polar surface area (TPSA) is 58.6 Å². The molecule has 0 aliphatic heterocycles. The van der Waals surface area contributed by atoms with E-state index >= 15 is 0 Å². The zero-order valence-corrected chi connectivity index (χ0v) is 12.9. The Bertz CT molecular complexity index is 564. The molecule has 0 spiro atoms. The summed E-state index contributed by atoms with van der Waals surface area (Å²) in [5.41, 5.74) is 1.49. The van der Waals surface area contributed by atoms with E-state index in [1.807, 2.05) is 43.5 Å². The van der Waals surface area contributed by atoms with Gasteiger partial charge >= 0.3 is 0 Å². The van der Waals surface area contributed by atoms with E-state index in [9.17, 15) is 9.90 Å². The summed E-state index contributed by atoms with van der Waals surface area (Å²) in [6, 6.07) is 11.0. The van der Waals surface area contributed by atoms with E-state index in [1.165, 1.54) is 11.3 Å². The number of aliphatic hydroxyl groups is 1. The molecule has 112 valence electrons. The first-order valence-corrected chi connectivity index (χ1v) is 7.67. The summed E-state index contributed by atoms with van der Waals surface area (Å²) in [6.07, 6.45) is -0.599. The number of hydrogen-bond donors (Lipinski definition) is 2. The second-order valence-electron chi connectivity index (χ2n) is 4.95. The monoisotopic (exact) mass is 305 g/mol. The Morgan fingerprint density at radius 3 is 2.57 bits per heavy atom. The Morgan fingerprint density at radius 1 is 1.29 bits per heavy atom. The van der Waals surface area contributed by atoms with Gasteiger partial charge in [0, 0.05) is 10.6 Å². The van der Waals surface area contributed by atoms with Crippen LogP contribution in [0.3, 0.4) is 0 Å². The highest BCUT2D eigenvalue weighted by atomic mass is 32.1. The molecule has 1 atom stereocenters. The number of rotatable bonds is 6. The summed E-state index contributed by atoms with van der Waals surface area (Å²) >= 11 is 1.51. The number of carbonyl (C=O) groups is 1. The molecule has 1 aromatic carbocycles. The maximum atomic E-state index is 11.6. The molecule has 2 N–H and O–H groups in total. The molecule has 1 heterocycles. The number of thiophene rings is 1. The highest BCUT2D eigenvalue weighted by molar-refractivity contribution is 7.10. The van der Waals surface area contributed by atoms with Crippen LogP contribution >= 0.6 is 11.3 Å². The van der Waals surface area contributed by atoms with E-state index in [0.29, 0.717) is 5.69 Å². The standard InChI is InChI=1S/C16H19NO3S/c1-11(2)20-10-15(18)17-13-7-5-12(6-8-13)16(19)14-4-3-9-21-14/h3-9,11,16,19H,10H2,1-2H3,(H,17,18). The maximum absolute atomic E-state index is 11.6. The van der Waals surface area contributed by atoms with Crippen molar-refractivity contribution in [3.05, 3.63) is 52.2 Å². The van der Waals surface area contributed by atoms with Gasteiger partial charge in [-0.2, -0.15) is 0 Å². The third kappa shape index (κ3) is 4.67. The van der Waals surface area contributed by atoms with Gasteiger partial charge in [0.2, 0.25) is 5.91 Å². The van der Waals surface area contributed by atoms with Gasteiger partial charge in [-0.05, 0) is 43.0 Å². The molecule has 1 aromatic heterocycles. The van der Waals surface area contributed by atoms with Crippen molar-refractivity contribution in [2.75, 3.05) is 11.9 Å². The van der Waals surface area contributed by atoms with Gasteiger partial charge in [-0.1, -0.05) is 18.2 Å². The van der Waals surface area contributed by atoms with Gasteiger partial charge in [0.1, 0.15) is 12.7 Å². The minimum absolute atomic E-state index is 0.0269. The number of carbonyl (C=O) groups excluding carboxylic acids is 1. The van der Waals surface area contributed by atoms with Crippen LogP contribution in [0.15, 0.2) is 41.8 Å². The number of benzene rings is 1. The lowest BCUT2D eigenvalue weighted by molar-refractivity contribution is -0.121. The van der Waals surface area contributed by atoms with Gasteiger partial charge < -0.3 is 15.2 Å². The first kappa shape index (κ1) is 15.7. The second-order valence-corrected chi connectivity index (χ2v) is 5.93. The van der Waals surface area contributed by atoms with E-state index in [4.69, 9.17) is 4.74 Å². The number of aliphatic hydroxyl groups excluding tert-OH is 1. The van der Waals surface area contributed by atoms with E-state index in [-0.39, 0.29) is 18.6 Å². The molecule has 1 unspecified atom stereocenters. The van der Waals surface area contributed by atoms with E-state index in [0.717, 1.165) is 10.4 Å². The predicted octanol–water partition coefficient (Wildman–Crippen LogP) is 3.19. The van der Waals surface area contributed by atoms with Crippen molar-refractivity contribution in [3.8, 4) is 0 Å². The van der Waals surface area contributed by atoms with E-state index in [1.54, 1.807) is 12.1 Å². The van der Waals surface area contributed by atoms with Gasteiger partial charge in [-0.15, -0.1) is 11.3 Å². The van der Waals surface area contributed by atoms with Gasteiger partial charge in [0.25, 0.3) is 0 Å². The Hall–Kier alpha value is -1.69. The van der Waals surface area contributed by atoms with Crippen LogP contribution in [0.2, 0.25) is 0 Å². The van der Waals surface area contributed by atoms with Crippen molar-refractivity contribution in [1.82, 2.24) is 0 Å². The van der Waals surface area contributed by atoms with Gasteiger partial charge in [-0.3, -0.25) is 4.79 Å². The van der Waals surface area contributed by atoms with Gasteiger partial charge in [-0.25, -0.2) is 0 Å². The number of anilines is 1. The van der Waals surface area contributed by atoms with Crippen LogP contribution in [0.1, 0.15) is 30.4 Å². The molecule has 2 aromatic rings. The average molecular weight is 305 g/mol. The molecule has 4 nitrogen and oxygen atoms in total. The summed E-state index contributed by atoms with van der Waals surface area (Å²) in [7, 11) is 0. The Morgan fingerprint density at radius 2 is 2.00 bits per heavy atom. The van der Waals surface area contributed by atoms with Gasteiger partial charge in [0.15, 0.2) is 0 Å². The molecule has 0 aliphatic carbocycles. The van der Waals surface area contributed by atoms with Crippen molar-refractivity contribution < 1.29 is 14.6 Å². The Labute approximate surface area is 128 Å². The molecular weight excluding hydrogens is 286 g/mol. The third-order valence-electron chi connectivity index (χ3n) is 2.87. The van der Waals surface area contributed by atoms with Crippen molar-refractivity contribution in [1.29, 1.82) is 0 Å². The number of amides is 1. The van der Waals surface area contributed by atoms with E-state index < -0.39 is 6.10 Å². The molecular formula is C16H19NO3S. The Kier molecular flexibility index (Phi) is 5.50. The average Bonchev–Trinajstić information content (AvgIpc) is 2.99. The number of nitrogens with one attached hydrogen (secondary N) is 1. The zero-order valence-electron chi connectivity index (χ0n) is 12.1. The normalized spacial score (nSPS) is 12.4. The summed E-state index contributed by atoms with van der Waals surface area (Å²) in [4.78, 5) is 12.5. The highest BCUT2D eigenvalue weighted by Crippen LogP contribution is 2.26. The van der Waals surface area contributed by atoms with Crippen molar-refractivity contribution in [2.45, 2.75) is 26.1 Å². The Balaban J connectivity index is 1.94. The highest BCUT2D eigenvalue weighted by Gasteiger charge is 2.11. The fourth-order valence-corrected chi connectivity index (χ4v) is 2.54. The van der Waals surface area contributed by atoms with Crippen LogP contribution in [0.5, 0.6) is 0 Å². The lowest BCUT2D eigenvalue weighted by atomic mass is 10.1. The number of hydrogen-bond acceptors (Lipinski definition) is 4. The quantitative estimate of drug-likeness (QED) is 0.861. The van der Waals surface area contributed by atoms with E-state index in [2.05, 4.69) is 5.32 Å². The summed E-state index contributed by atoms with van der Waals surface area (Å²) in [5.74, 6) is -0.185. The van der Waals surface area contributed by atoms with Crippen LogP contribution in [-0.4, -0.2) is 23.7 Å². The van der Waals surface area contributed by atoms with Crippen LogP contribution in [0.25, 0.3) is 0 Å². The molecule has 0 bridgehead atoms. The molecule has 0 saturated heterocycles. The summed E-state index contributed by atoms with van der Waals surface area (Å²) < 4.78 is 5.24. The van der Waals surface area contributed by atoms with Crippen molar-refractivity contribution >= 4 is 22.9 Å². The molecule has 0 fully saturated rings. The lowest BCUT2D eigenvalue weighted by Crippen LogP contribution is -2.20. The van der Waals surface area contributed by atoms with Crippen LogP contribution in [0, 0.1) is 0 Å². The van der Waals surface area contributed by atoms with Gasteiger partial charge in [0.05, 0.1) is 6.10 Å². The first-order chi connectivity index (χ1) is 10.1. The predicted molar refractivity (Wildman–Crippen MR) is 84.5 cm³/mol.